The standard InChI is InChI=1S/C43H50O23/c1-16-39(66-30(49)8-4-17-3-6-21(46)23(48)9-17)35(54)38(57)41(60-16)59-15-29-32(51)34(53)37(56)43(65-29)63-27-13-20-24(61-40(27)18-5-7-22(47)26(10-18)58-2)11-19(45)12-25(20)62-42-36(55)33(52)31(50)28(14-44)64-42/h3-13,16,28-29,31-48,50-57H,14-15H2,1-2H3. The Bertz CT molecular complexity index is 2250. The van der Waals surface area contributed by atoms with Crippen molar-refractivity contribution in [2.24, 2.45) is 0 Å². The Morgan fingerprint density at radius 2 is 1.33 bits per heavy atom. The molecule has 0 amide bonds. The second-order valence-electron chi connectivity index (χ2n) is 15.8. The topological polar surface area (TPSA) is 363 Å². The molecular formula is C43H50O23. The molecule has 66 heavy (non-hydrogen) atoms. The number of carbonyl (C=O) groups excluding carboxylic acids is 1. The molecule has 0 radical (unpaired) electrons. The lowest BCUT2D eigenvalue weighted by atomic mass is 9.98. The van der Waals surface area contributed by atoms with Crippen LogP contribution in [0.25, 0.3) is 12.2 Å². The summed E-state index contributed by atoms with van der Waals surface area (Å²) in [7, 11) is 1.30. The van der Waals surface area contributed by atoms with E-state index in [1.54, 1.807) is 0 Å². The fourth-order valence-electron chi connectivity index (χ4n) is 7.57. The molecule has 0 spiro atoms. The Morgan fingerprint density at radius 3 is 2.02 bits per heavy atom. The highest BCUT2D eigenvalue weighted by Gasteiger charge is 2.50. The zero-order valence-corrected chi connectivity index (χ0v) is 34.9. The van der Waals surface area contributed by atoms with Crippen LogP contribution >= 0.6 is 0 Å². The van der Waals surface area contributed by atoms with Crippen LogP contribution in [0.1, 0.15) is 29.7 Å². The largest absolute Gasteiger partial charge is 0.508 e. The molecule has 3 aromatic rings. The van der Waals surface area contributed by atoms with Crippen molar-refractivity contribution >= 4 is 18.1 Å². The van der Waals surface area contributed by atoms with Gasteiger partial charge in [-0.1, -0.05) is 12.1 Å². The highest BCUT2D eigenvalue weighted by Crippen LogP contribution is 2.47. The summed E-state index contributed by atoms with van der Waals surface area (Å²) in [6.07, 6.45) is -23.0. The number of aromatic hydroxyl groups is 4. The number of rotatable bonds is 13. The van der Waals surface area contributed by atoms with Crippen LogP contribution in [-0.4, -0.2) is 185 Å². The zero-order chi connectivity index (χ0) is 47.7. The normalized spacial score (nSPS) is 34.4. The number of carbonyl (C=O) groups is 1. The zero-order valence-electron chi connectivity index (χ0n) is 34.9. The van der Waals surface area contributed by atoms with Gasteiger partial charge in [-0.3, -0.25) is 0 Å². The molecule has 0 bridgehead atoms. The molecule has 3 saturated heterocycles. The van der Waals surface area contributed by atoms with Gasteiger partial charge in [0.25, 0.3) is 0 Å². The van der Waals surface area contributed by atoms with E-state index in [9.17, 15) is 71.2 Å². The smallest absolute Gasteiger partial charge is 0.331 e. The first kappa shape index (κ1) is 48.4. The lowest BCUT2D eigenvalue weighted by Crippen LogP contribution is -2.61. The first-order chi connectivity index (χ1) is 31.4. The monoisotopic (exact) mass is 934 g/mol. The summed E-state index contributed by atoms with van der Waals surface area (Å²) in [5, 5.41) is 136. The molecule has 16 unspecified atom stereocenters. The van der Waals surface area contributed by atoms with Gasteiger partial charge in [-0.2, -0.15) is 0 Å². The number of methoxy groups -OCH3 is 1. The van der Waals surface area contributed by atoms with Gasteiger partial charge in [0.15, 0.2) is 41.5 Å². The molecule has 13 N–H and O–H groups in total. The summed E-state index contributed by atoms with van der Waals surface area (Å²) >= 11 is 0. The van der Waals surface area contributed by atoms with Crippen LogP contribution in [-0.2, 0) is 33.2 Å². The number of aliphatic hydroxyl groups is 9. The van der Waals surface area contributed by atoms with Crippen LogP contribution < -0.4 is 14.2 Å². The van der Waals surface area contributed by atoms with Crippen molar-refractivity contribution in [2.75, 3.05) is 20.3 Å². The summed E-state index contributed by atoms with van der Waals surface area (Å²) < 4.78 is 51.7. The molecule has 4 heterocycles. The first-order valence-corrected chi connectivity index (χ1v) is 20.4. The molecular weight excluding hydrogens is 884 g/mol. The Labute approximate surface area is 374 Å². The Morgan fingerprint density at radius 1 is 0.682 bits per heavy atom. The number of benzene rings is 3. The lowest BCUT2D eigenvalue weighted by molar-refractivity contribution is -0.325. The van der Waals surface area contributed by atoms with E-state index in [1.165, 1.54) is 68.7 Å². The number of hydrogen-bond acceptors (Lipinski definition) is 23. The molecule has 3 fully saturated rings. The van der Waals surface area contributed by atoms with Gasteiger partial charge in [0.1, 0.15) is 84.0 Å². The summed E-state index contributed by atoms with van der Waals surface area (Å²) in [6, 6.07) is 10.2. The molecule has 4 aliphatic rings. The van der Waals surface area contributed by atoms with E-state index < -0.39 is 129 Å². The number of esters is 1. The van der Waals surface area contributed by atoms with E-state index in [4.69, 9.17) is 42.6 Å². The van der Waals surface area contributed by atoms with E-state index in [1.807, 2.05) is 0 Å². The minimum Gasteiger partial charge on any atom is -0.508 e. The van der Waals surface area contributed by atoms with E-state index in [0.717, 1.165) is 12.1 Å². The third-order valence-electron chi connectivity index (χ3n) is 11.3. The van der Waals surface area contributed by atoms with Gasteiger partial charge in [0.05, 0.1) is 32.0 Å². The minimum absolute atomic E-state index is 0.00823. The number of phenolic OH excluding ortho intramolecular Hbond substituents is 4. The van der Waals surface area contributed by atoms with Gasteiger partial charge in [-0.25, -0.2) is 4.79 Å². The predicted molar refractivity (Wildman–Crippen MR) is 217 cm³/mol. The van der Waals surface area contributed by atoms with Crippen LogP contribution in [0.15, 0.2) is 60.4 Å². The van der Waals surface area contributed by atoms with Crippen molar-refractivity contribution in [3.8, 4) is 40.2 Å². The molecule has 0 aromatic heterocycles. The lowest BCUT2D eigenvalue weighted by Gasteiger charge is -2.43. The van der Waals surface area contributed by atoms with Crippen LogP contribution in [0.4, 0.5) is 0 Å². The van der Waals surface area contributed by atoms with Crippen molar-refractivity contribution in [2.45, 2.75) is 105 Å². The van der Waals surface area contributed by atoms with E-state index >= 15 is 0 Å². The third-order valence-corrected chi connectivity index (χ3v) is 11.3. The van der Waals surface area contributed by atoms with Gasteiger partial charge < -0.3 is 109 Å². The summed E-state index contributed by atoms with van der Waals surface area (Å²) in [5.41, 5.74) is 0.616. The van der Waals surface area contributed by atoms with Crippen LogP contribution in [0.2, 0.25) is 0 Å². The van der Waals surface area contributed by atoms with Crippen molar-refractivity contribution in [1.29, 1.82) is 0 Å². The van der Waals surface area contributed by atoms with Crippen LogP contribution in [0.3, 0.4) is 0 Å². The van der Waals surface area contributed by atoms with Gasteiger partial charge in [-0.15, -0.1) is 0 Å². The molecule has 7 rings (SSSR count). The molecule has 23 nitrogen and oxygen atoms in total. The maximum Gasteiger partial charge on any atom is 0.331 e. The highest BCUT2D eigenvalue weighted by molar-refractivity contribution is 5.87. The molecule has 0 saturated carbocycles. The molecule has 0 aliphatic carbocycles. The van der Waals surface area contributed by atoms with E-state index in [0.29, 0.717) is 5.56 Å². The Hall–Kier alpha value is -5.51. The summed E-state index contributed by atoms with van der Waals surface area (Å²) in [4.78, 5) is 12.6. The highest BCUT2D eigenvalue weighted by atomic mass is 16.7. The quantitative estimate of drug-likeness (QED) is 0.0506. The average Bonchev–Trinajstić information content (AvgIpc) is 3.29. The van der Waals surface area contributed by atoms with Gasteiger partial charge >= 0.3 is 5.97 Å². The SMILES string of the molecule is COc1cc(C2Oc3cc(O)cc(OC4OC(CO)C(O)C(O)C4O)c3C=C2OC2OC(COC3OC(C)C(OC(=O)C=Cc4ccc(O)c(O)c4)C(O)C3O)C(O)C(O)C2O)ccc1O. The third kappa shape index (κ3) is 10.1. The molecule has 3 aromatic carbocycles. The molecule has 4 aliphatic heterocycles. The van der Waals surface area contributed by atoms with Crippen molar-refractivity contribution in [1.82, 2.24) is 0 Å². The number of hydrogen-bond donors (Lipinski definition) is 13. The molecule has 23 heteroatoms. The Kier molecular flexibility index (Phi) is 14.8. The predicted octanol–water partition coefficient (Wildman–Crippen LogP) is -1.90. The first-order valence-electron chi connectivity index (χ1n) is 20.4. The number of phenols is 4. The molecule has 16 atom stereocenters. The van der Waals surface area contributed by atoms with Gasteiger partial charge in [0, 0.05) is 23.8 Å². The molecule has 360 valence electrons. The van der Waals surface area contributed by atoms with Crippen molar-refractivity contribution in [3.63, 3.8) is 0 Å². The number of aliphatic hydroxyl groups excluding tert-OH is 9. The maximum absolute atomic E-state index is 12.6. The van der Waals surface area contributed by atoms with Crippen molar-refractivity contribution in [3.05, 3.63) is 77.1 Å². The summed E-state index contributed by atoms with van der Waals surface area (Å²) in [6.45, 7) is -0.00517. The maximum atomic E-state index is 12.6. The summed E-state index contributed by atoms with van der Waals surface area (Å²) in [5.74, 6) is -2.87. The second kappa shape index (κ2) is 20.2. The van der Waals surface area contributed by atoms with Gasteiger partial charge in [0.2, 0.25) is 12.6 Å². The number of ether oxygens (including phenoxy) is 9. The number of fused-ring (bicyclic) bond motifs is 1. The van der Waals surface area contributed by atoms with Crippen molar-refractivity contribution < 1.29 is 114 Å². The minimum atomic E-state index is -1.96. The fraction of sp³-hybridized carbons (Fsp3) is 0.465. The fourth-order valence-corrected chi connectivity index (χ4v) is 7.57. The Balaban J connectivity index is 1.09. The average molecular weight is 935 g/mol. The van der Waals surface area contributed by atoms with Crippen LogP contribution in [0, 0.1) is 0 Å². The van der Waals surface area contributed by atoms with E-state index in [-0.39, 0.29) is 45.6 Å². The van der Waals surface area contributed by atoms with Gasteiger partial charge in [-0.05, 0) is 48.9 Å². The van der Waals surface area contributed by atoms with Crippen LogP contribution in [0.5, 0.6) is 40.2 Å². The second-order valence-corrected chi connectivity index (χ2v) is 15.8. The van der Waals surface area contributed by atoms with E-state index in [2.05, 4.69) is 0 Å².